The van der Waals surface area contributed by atoms with E-state index in [1.165, 1.54) is 49.4 Å². The molecule has 1 amide bonds. The van der Waals surface area contributed by atoms with Crippen LogP contribution in [0, 0.1) is 11.7 Å². The topological polar surface area (TPSA) is 32.3 Å². The van der Waals surface area contributed by atoms with Gasteiger partial charge in [0.05, 0.1) is 4.88 Å². The Morgan fingerprint density at radius 2 is 2.05 bits per heavy atom. The number of benzene rings is 1. The summed E-state index contributed by atoms with van der Waals surface area (Å²) < 4.78 is 14.2. The van der Waals surface area contributed by atoms with Crippen LogP contribution in [0.2, 0.25) is 0 Å². The lowest BCUT2D eigenvalue weighted by atomic mass is 9.84. The normalized spacial score (nSPS) is 26.7. The van der Waals surface area contributed by atoms with Crippen molar-refractivity contribution < 1.29 is 9.18 Å². The summed E-state index contributed by atoms with van der Waals surface area (Å²) in [6.07, 6.45) is 2.37. The molecule has 2 bridgehead atoms. The summed E-state index contributed by atoms with van der Waals surface area (Å²) in [5.41, 5.74) is 0. The monoisotopic (exact) mass is 340 g/mol. The third-order valence-corrected chi connectivity index (χ3v) is 5.79. The van der Waals surface area contributed by atoms with Gasteiger partial charge in [-0.05, 0) is 61.5 Å². The molecule has 3 aliphatic heterocycles. The third kappa shape index (κ3) is 2.85. The summed E-state index contributed by atoms with van der Waals surface area (Å²) in [6.45, 7) is 3.30. The van der Waals surface area contributed by atoms with Crippen molar-refractivity contribution in [2.45, 2.75) is 18.9 Å². The number of amides is 1. The maximum atomic E-state index is 13.2. The van der Waals surface area contributed by atoms with Crippen molar-refractivity contribution in [3.05, 3.63) is 35.0 Å². The van der Waals surface area contributed by atoms with Crippen LogP contribution in [0.25, 0.3) is 10.1 Å². The van der Waals surface area contributed by atoms with Crippen molar-refractivity contribution in [2.24, 2.45) is 5.92 Å². The summed E-state index contributed by atoms with van der Waals surface area (Å²) in [5, 5.41) is 3.98. The van der Waals surface area contributed by atoms with Crippen LogP contribution in [0.15, 0.2) is 24.3 Å². The first-order valence-electron chi connectivity index (χ1n) is 7.41. The van der Waals surface area contributed by atoms with Gasteiger partial charge in [-0.15, -0.1) is 23.7 Å². The Kier molecular flexibility index (Phi) is 4.39. The van der Waals surface area contributed by atoms with Gasteiger partial charge in [0.1, 0.15) is 5.82 Å². The molecule has 3 aliphatic rings. The second kappa shape index (κ2) is 6.14. The van der Waals surface area contributed by atoms with Gasteiger partial charge >= 0.3 is 0 Å². The molecule has 1 N–H and O–H groups in total. The molecule has 6 heteroatoms. The summed E-state index contributed by atoms with van der Waals surface area (Å²) >= 11 is 1.43. The Morgan fingerprint density at radius 3 is 2.73 bits per heavy atom. The highest BCUT2D eigenvalue weighted by Gasteiger charge is 2.35. The highest BCUT2D eigenvalue weighted by Crippen LogP contribution is 2.29. The molecule has 0 spiro atoms. The molecular formula is C16H18ClFN2OS. The molecule has 0 aliphatic carbocycles. The number of hydrogen-bond acceptors (Lipinski definition) is 3. The lowest BCUT2D eigenvalue weighted by molar-refractivity contribution is 0.0622. The molecular weight excluding hydrogens is 323 g/mol. The predicted molar refractivity (Wildman–Crippen MR) is 89.4 cm³/mol. The summed E-state index contributed by atoms with van der Waals surface area (Å²) in [7, 11) is 0. The largest absolute Gasteiger partial charge is 0.347 e. The number of hydrogen-bond donors (Lipinski definition) is 1. The van der Waals surface area contributed by atoms with E-state index in [0.29, 0.717) is 10.8 Å². The number of fused-ring (bicyclic) bond motifs is 4. The minimum atomic E-state index is -0.260. The standard InChI is InChI=1S/C16H17FN2OS.ClH/c17-12-1-2-14-11(7-12)8-15(21-14)16(20)18-13-9-19-5-3-10(13)4-6-19;/h1-2,7-8,10,13H,3-6,9H2,(H,18,20);1H/t13-;/m0./s1. The van der Waals surface area contributed by atoms with Gasteiger partial charge < -0.3 is 10.2 Å². The summed E-state index contributed by atoms with van der Waals surface area (Å²) in [5.74, 6) is 0.339. The zero-order valence-corrected chi connectivity index (χ0v) is 13.7. The number of nitrogens with zero attached hydrogens (tertiary/aromatic N) is 1. The molecule has 3 saturated heterocycles. The first kappa shape index (κ1) is 15.7. The first-order valence-corrected chi connectivity index (χ1v) is 8.23. The average Bonchev–Trinajstić information content (AvgIpc) is 2.91. The number of nitrogens with one attached hydrogen (secondary N) is 1. The zero-order valence-electron chi connectivity index (χ0n) is 12.0. The first-order chi connectivity index (χ1) is 10.2. The second-order valence-corrected chi connectivity index (χ2v) is 7.09. The number of thiophene rings is 1. The molecule has 4 heterocycles. The van der Waals surface area contributed by atoms with Gasteiger partial charge in [-0.2, -0.15) is 0 Å². The van der Waals surface area contributed by atoms with Crippen LogP contribution in [0.3, 0.4) is 0 Å². The average molecular weight is 341 g/mol. The molecule has 2 aromatic rings. The lowest BCUT2D eigenvalue weighted by Crippen LogP contribution is -2.57. The van der Waals surface area contributed by atoms with Gasteiger partial charge in [-0.1, -0.05) is 0 Å². The Bertz CT molecular complexity index is 697. The molecule has 3 nitrogen and oxygen atoms in total. The van der Waals surface area contributed by atoms with Crippen molar-refractivity contribution in [3.8, 4) is 0 Å². The van der Waals surface area contributed by atoms with E-state index in [9.17, 15) is 9.18 Å². The van der Waals surface area contributed by atoms with E-state index in [1.807, 2.05) is 0 Å². The highest BCUT2D eigenvalue weighted by atomic mass is 35.5. The second-order valence-electron chi connectivity index (χ2n) is 6.01. The van der Waals surface area contributed by atoms with Crippen molar-refractivity contribution in [1.29, 1.82) is 0 Å². The van der Waals surface area contributed by atoms with Gasteiger partial charge in [0, 0.05) is 17.3 Å². The van der Waals surface area contributed by atoms with Crippen LogP contribution in [-0.4, -0.2) is 36.5 Å². The minimum Gasteiger partial charge on any atom is -0.347 e. The van der Waals surface area contributed by atoms with E-state index in [2.05, 4.69) is 10.2 Å². The van der Waals surface area contributed by atoms with E-state index in [1.54, 1.807) is 12.1 Å². The molecule has 22 heavy (non-hydrogen) atoms. The lowest BCUT2D eigenvalue weighted by Gasteiger charge is -2.44. The smallest absolute Gasteiger partial charge is 0.261 e. The van der Waals surface area contributed by atoms with Crippen LogP contribution in [0.5, 0.6) is 0 Å². The maximum absolute atomic E-state index is 13.2. The Morgan fingerprint density at radius 1 is 1.27 bits per heavy atom. The fourth-order valence-corrected chi connectivity index (χ4v) is 4.44. The molecule has 1 atom stereocenters. The van der Waals surface area contributed by atoms with Crippen LogP contribution >= 0.6 is 23.7 Å². The molecule has 5 rings (SSSR count). The van der Waals surface area contributed by atoms with Crippen molar-refractivity contribution >= 4 is 39.7 Å². The predicted octanol–water partition coefficient (Wildman–Crippen LogP) is 3.29. The van der Waals surface area contributed by atoms with Gasteiger partial charge in [0.25, 0.3) is 5.91 Å². The summed E-state index contributed by atoms with van der Waals surface area (Å²) in [6, 6.07) is 6.72. The number of halogens is 2. The van der Waals surface area contributed by atoms with Crippen LogP contribution < -0.4 is 5.32 Å². The molecule has 0 radical (unpaired) electrons. The molecule has 1 aromatic heterocycles. The molecule has 118 valence electrons. The Hall–Kier alpha value is -1.17. The van der Waals surface area contributed by atoms with Gasteiger partial charge in [0.15, 0.2) is 0 Å². The fourth-order valence-electron chi connectivity index (χ4n) is 3.49. The van der Waals surface area contributed by atoms with Crippen LogP contribution in [-0.2, 0) is 0 Å². The fraction of sp³-hybridized carbons (Fsp3) is 0.438. The quantitative estimate of drug-likeness (QED) is 0.910. The van der Waals surface area contributed by atoms with E-state index in [-0.39, 0.29) is 30.2 Å². The minimum absolute atomic E-state index is 0. The van der Waals surface area contributed by atoms with Crippen LogP contribution in [0.4, 0.5) is 4.39 Å². The van der Waals surface area contributed by atoms with Crippen molar-refractivity contribution in [3.63, 3.8) is 0 Å². The highest BCUT2D eigenvalue weighted by molar-refractivity contribution is 7.20. The SMILES string of the molecule is Cl.O=C(N[C@H]1CN2CCC1CC2)c1cc2cc(F)ccc2s1. The van der Waals surface area contributed by atoms with Crippen molar-refractivity contribution in [2.75, 3.05) is 19.6 Å². The van der Waals surface area contributed by atoms with Gasteiger partial charge in [0.2, 0.25) is 0 Å². The summed E-state index contributed by atoms with van der Waals surface area (Å²) in [4.78, 5) is 15.5. The van der Waals surface area contributed by atoms with E-state index in [4.69, 9.17) is 0 Å². The third-order valence-electron chi connectivity index (χ3n) is 4.67. The zero-order chi connectivity index (χ0) is 14.4. The van der Waals surface area contributed by atoms with E-state index < -0.39 is 0 Å². The van der Waals surface area contributed by atoms with E-state index >= 15 is 0 Å². The van der Waals surface area contributed by atoms with Gasteiger partial charge in [-0.25, -0.2) is 4.39 Å². The molecule has 0 unspecified atom stereocenters. The van der Waals surface area contributed by atoms with E-state index in [0.717, 1.165) is 16.6 Å². The van der Waals surface area contributed by atoms with Gasteiger partial charge in [-0.3, -0.25) is 4.79 Å². The number of rotatable bonds is 2. The van der Waals surface area contributed by atoms with Crippen LogP contribution in [0.1, 0.15) is 22.5 Å². The Labute approximate surface area is 138 Å². The molecule has 0 saturated carbocycles. The maximum Gasteiger partial charge on any atom is 0.261 e. The molecule has 3 fully saturated rings. The van der Waals surface area contributed by atoms with Crippen molar-refractivity contribution in [1.82, 2.24) is 10.2 Å². The number of carbonyl (C=O) groups is 1. The number of piperidine rings is 3. The Balaban J connectivity index is 0.00000144. The molecule has 1 aromatic carbocycles. The number of carbonyl (C=O) groups excluding carboxylic acids is 1.